The number of aromatic nitrogens is 2. The van der Waals surface area contributed by atoms with Crippen molar-refractivity contribution in [3.8, 4) is 0 Å². The van der Waals surface area contributed by atoms with Crippen LogP contribution in [-0.4, -0.2) is 70.8 Å². The van der Waals surface area contributed by atoms with E-state index in [2.05, 4.69) is 52.5 Å². The third-order valence-electron chi connectivity index (χ3n) is 14.9. The number of hydrogen-bond donors (Lipinski definition) is 8. The van der Waals surface area contributed by atoms with Crippen molar-refractivity contribution in [3.05, 3.63) is 24.3 Å². The average molecular weight is 683 g/mol. The quantitative estimate of drug-likeness (QED) is 0.210. The Labute approximate surface area is 289 Å². The number of alkyl halides is 2. The average Bonchev–Trinajstić information content (AvgIpc) is 3.85. The van der Waals surface area contributed by atoms with E-state index in [9.17, 15) is 0 Å². The molecule has 9 aliphatic rings. The van der Waals surface area contributed by atoms with Crippen molar-refractivity contribution in [2.45, 2.75) is 150 Å². The van der Waals surface area contributed by atoms with Gasteiger partial charge in [-0.1, -0.05) is 38.5 Å². The van der Waals surface area contributed by atoms with Crippen LogP contribution >= 0.6 is 11.6 Å². The van der Waals surface area contributed by atoms with E-state index < -0.39 is 11.5 Å². The predicted octanol–water partition coefficient (Wildman–Crippen LogP) is 2.95. The number of fused-ring (bicyclic) bond motifs is 20. The van der Waals surface area contributed by atoms with Gasteiger partial charge in [-0.25, -0.2) is 14.4 Å². The second-order valence-corrected chi connectivity index (χ2v) is 17.6. The van der Waals surface area contributed by atoms with Crippen LogP contribution in [-0.2, 0) is 0 Å². The zero-order valence-electron chi connectivity index (χ0n) is 28.0. The van der Waals surface area contributed by atoms with E-state index in [1.165, 1.54) is 77.0 Å². The van der Waals surface area contributed by atoms with Crippen LogP contribution in [0.4, 0.5) is 4.39 Å². The van der Waals surface area contributed by atoms with Gasteiger partial charge in [-0.2, -0.15) is 0 Å². The zero-order chi connectivity index (χ0) is 31.9. The summed E-state index contributed by atoms with van der Waals surface area (Å²) in [6.07, 6.45) is 19.7. The smallest absolute Gasteiger partial charge is 0.133 e. The Morgan fingerprint density at radius 2 is 0.833 bits per heavy atom. The Balaban J connectivity index is 1.03. The van der Waals surface area contributed by atoms with Crippen LogP contribution in [0.1, 0.15) is 95.2 Å². The molecular weight excluding hydrogens is 627 g/mol. The molecule has 19 unspecified atom stereocenters. The molecule has 0 amide bonds. The Morgan fingerprint density at radius 3 is 1.21 bits per heavy atom. The molecule has 19 atom stereocenters. The Morgan fingerprint density at radius 1 is 0.500 bits per heavy atom. The van der Waals surface area contributed by atoms with Crippen LogP contribution in [0.25, 0.3) is 0 Å². The number of nitrogens with zero attached hydrogens (tertiary/aromatic N) is 2. The first-order chi connectivity index (χ1) is 23.6. The summed E-state index contributed by atoms with van der Waals surface area (Å²) in [6, 6.07) is 1.84. The second kappa shape index (κ2) is 12.9. The standard InChI is InChI=1S/C36H56ClFN10/c37-27-24(38)16-23-25(26(27)35-39-14-7-15-40-35)36-47-33-22-13-6-5-12-21(22)31(45-33)43-29-18-9-2-1-8-17(18)28(41-29)42-30-19-10-3-4-11-20(19)32(44-30)46-34(23)48-36/h7,14-15,17-34,36,41-48H,1-6,8-13,16H2. The minimum Gasteiger partial charge on any atom is -0.286 e. The largest absolute Gasteiger partial charge is 0.286 e. The highest BCUT2D eigenvalue weighted by Crippen LogP contribution is 2.51. The summed E-state index contributed by atoms with van der Waals surface area (Å²) in [4.78, 5) is 9.38. The molecular formula is C36H56ClFN10. The van der Waals surface area contributed by atoms with Gasteiger partial charge in [-0.3, -0.25) is 42.5 Å². The van der Waals surface area contributed by atoms with Gasteiger partial charge in [0.05, 0.1) is 54.7 Å². The van der Waals surface area contributed by atoms with E-state index in [0.717, 1.165) is 0 Å². The lowest BCUT2D eigenvalue weighted by Gasteiger charge is -2.42. The molecule has 4 aliphatic carbocycles. The maximum Gasteiger partial charge on any atom is 0.133 e. The third-order valence-corrected chi connectivity index (χ3v) is 15.4. The molecule has 5 aliphatic heterocycles. The van der Waals surface area contributed by atoms with Crippen LogP contribution in [0.5, 0.6) is 0 Å². The fourth-order valence-corrected chi connectivity index (χ4v) is 13.2. The van der Waals surface area contributed by atoms with Crippen molar-refractivity contribution >= 4 is 11.6 Å². The molecule has 0 aromatic carbocycles. The van der Waals surface area contributed by atoms with Crippen molar-refractivity contribution < 1.29 is 4.39 Å². The normalized spacial score (nSPS) is 54.6. The van der Waals surface area contributed by atoms with Gasteiger partial charge in [0.1, 0.15) is 12.0 Å². The summed E-state index contributed by atoms with van der Waals surface area (Å²) in [5.74, 6) is 4.10. The zero-order valence-corrected chi connectivity index (χ0v) is 28.8. The summed E-state index contributed by atoms with van der Waals surface area (Å²) in [6.45, 7) is 0. The van der Waals surface area contributed by atoms with Crippen molar-refractivity contribution in [1.82, 2.24) is 52.5 Å². The first-order valence-electron chi connectivity index (χ1n) is 19.7. The molecule has 4 saturated carbocycles. The molecule has 10 nitrogen and oxygen atoms in total. The van der Waals surface area contributed by atoms with E-state index in [1.807, 2.05) is 6.07 Å². The minimum absolute atomic E-state index is 0.0398. The maximum atomic E-state index is 16.0. The van der Waals surface area contributed by atoms with Crippen molar-refractivity contribution in [1.29, 1.82) is 0 Å². The highest BCUT2D eigenvalue weighted by molar-refractivity contribution is 6.21. The lowest BCUT2D eigenvalue weighted by Crippen LogP contribution is -2.61. The molecule has 5 saturated heterocycles. The van der Waals surface area contributed by atoms with Crippen molar-refractivity contribution in [2.24, 2.45) is 47.3 Å². The highest BCUT2D eigenvalue weighted by Gasteiger charge is 2.59. The number of rotatable bonds is 1. The third kappa shape index (κ3) is 5.31. The molecule has 0 spiro atoms. The molecule has 264 valence electrons. The predicted molar refractivity (Wildman–Crippen MR) is 183 cm³/mol. The van der Waals surface area contributed by atoms with Gasteiger partial charge in [0.25, 0.3) is 0 Å². The number of hydrogen-bond acceptors (Lipinski definition) is 10. The Kier molecular flexibility index (Phi) is 8.51. The molecule has 1 aromatic rings. The van der Waals surface area contributed by atoms with Gasteiger partial charge in [0.2, 0.25) is 0 Å². The minimum atomic E-state index is -1.11. The van der Waals surface area contributed by atoms with Crippen molar-refractivity contribution in [2.75, 3.05) is 0 Å². The summed E-state index contributed by atoms with van der Waals surface area (Å²) in [5.41, 5.74) is 0. The molecule has 9 fully saturated rings. The summed E-state index contributed by atoms with van der Waals surface area (Å²) in [5, 5.41) is 32.5. The summed E-state index contributed by atoms with van der Waals surface area (Å²) in [7, 11) is 0. The molecule has 6 heterocycles. The molecule has 8 bridgehead atoms. The molecule has 0 radical (unpaired) electrons. The van der Waals surface area contributed by atoms with Crippen LogP contribution in [0.15, 0.2) is 18.5 Å². The second-order valence-electron chi connectivity index (χ2n) is 17.1. The first kappa shape index (κ1) is 31.7. The SMILES string of the molecule is FC1CC2C3NC4NC(NC5NC(NC6NC(NC(N3)C2C(c2ncccn2)C1Cl)C1CCCCC61)C1CCCCC51)C1CCCCC41. The van der Waals surface area contributed by atoms with Crippen LogP contribution in [0.2, 0.25) is 0 Å². The van der Waals surface area contributed by atoms with Crippen LogP contribution in [0, 0.1) is 47.3 Å². The number of halogens is 2. The molecule has 48 heavy (non-hydrogen) atoms. The topological polar surface area (TPSA) is 122 Å². The monoisotopic (exact) mass is 682 g/mol. The fraction of sp³-hybridized carbons (Fsp3) is 0.889. The molecule has 8 N–H and O–H groups in total. The summed E-state index contributed by atoms with van der Waals surface area (Å²) < 4.78 is 16.0. The lowest BCUT2D eigenvalue weighted by molar-refractivity contribution is 0.100. The van der Waals surface area contributed by atoms with Gasteiger partial charge in [-0.15, -0.1) is 11.6 Å². The summed E-state index contributed by atoms with van der Waals surface area (Å²) >= 11 is 7.05. The first-order valence-corrected chi connectivity index (χ1v) is 20.2. The van der Waals surface area contributed by atoms with Crippen molar-refractivity contribution in [3.63, 3.8) is 0 Å². The van der Waals surface area contributed by atoms with Crippen LogP contribution < -0.4 is 42.5 Å². The van der Waals surface area contributed by atoms with E-state index in [4.69, 9.17) is 11.6 Å². The fourth-order valence-electron chi connectivity index (χ4n) is 12.8. The lowest BCUT2D eigenvalue weighted by atomic mass is 9.70. The van der Waals surface area contributed by atoms with Gasteiger partial charge in [0, 0.05) is 24.2 Å². The van der Waals surface area contributed by atoms with Gasteiger partial charge in [-0.05, 0) is 92.4 Å². The molecule has 12 heteroatoms. The van der Waals surface area contributed by atoms with Gasteiger partial charge in [0.15, 0.2) is 0 Å². The highest BCUT2D eigenvalue weighted by atomic mass is 35.5. The molecule has 10 rings (SSSR count). The number of nitrogens with one attached hydrogen (secondary N) is 8. The Hall–Kier alpha value is -1.02. The van der Waals surface area contributed by atoms with E-state index in [1.54, 1.807) is 12.4 Å². The maximum absolute atomic E-state index is 16.0. The van der Waals surface area contributed by atoms with E-state index in [0.29, 0.717) is 60.1 Å². The van der Waals surface area contributed by atoms with Crippen LogP contribution in [0.3, 0.4) is 0 Å². The van der Waals surface area contributed by atoms with Gasteiger partial charge < -0.3 is 0 Å². The van der Waals surface area contributed by atoms with E-state index >= 15 is 4.39 Å². The van der Waals surface area contributed by atoms with E-state index in [-0.39, 0.29) is 54.7 Å². The van der Waals surface area contributed by atoms with Gasteiger partial charge >= 0.3 is 0 Å². The Bertz CT molecular complexity index is 1300. The molecule has 1 aromatic heterocycles.